The lowest BCUT2D eigenvalue weighted by molar-refractivity contribution is 0.122. The van der Waals surface area contributed by atoms with Crippen LogP contribution in [0.3, 0.4) is 0 Å². The van der Waals surface area contributed by atoms with Gasteiger partial charge in [-0.1, -0.05) is 11.0 Å². The van der Waals surface area contributed by atoms with Crippen LogP contribution in [0.1, 0.15) is 12.0 Å². The molecule has 0 saturated carbocycles. The normalized spacial score (nSPS) is 27.3. The number of nitrogens with one attached hydrogen (secondary N) is 1. The minimum Gasteiger partial charge on any atom is -0.378 e. The van der Waals surface area contributed by atoms with Gasteiger partial charge in [-0.15, -0.1) is 0 Å². The first-order chi connectivity index (χ1) is 12.1. The second kappa shape index (κ2) is 6.51. The van der Waals surface area contributed by atoms with Gasteiger partial charge in [-0.2, -0.15) is 9.57 Å². The van der Waals surface area contributed by atoms with E-state index in [1.165, 1.54) is 0 Å². The first kappa shape index (κ1) is 16.7. The number of fused-ring (bicyclic) bond motifs is 1. The van der Waals surface area contributed by atoms with E-state index in [9.17, 15) is 9.11 Å². The summed E-state index contributed by atoms with van der Waals surface area (Å²) >= 11 is 0. The van der Waals surface area contributed by atoms with E-state index in [0.29, 0.717) is 38.5 Å². The molecule has 0 spiro atoms. The molecular formula is C15H22N6O3S. The summed E-state index contributed by atoms with van der Waals surface area (Å²) in [6.45, 7) is 4.33. The number of morpholine rings is 1. The zero-order valence-electron chi connectivity index (χ0n) is 13.8. The summed E-state index contributed by atoms with van der Waals surface area (Å²) in [6.07, 6.45) is 4.63. The summed E-state index contributed by atoms with van der Waals surface area (Å²) in [5, 5.41) is 9.05. The summed E-state index contributed by atoms with van der Waals surface area (Å²) < 4.78 is 31.4. The lowest BCUT2D eigenvalue weighted by Crippen LogP contribution is -2.44. The molecule has 1 aromatic heterocycles. The topological polar surface area (TPSA) is 108 Å². The maximum Gasteiger partial charge on any atom is 0.179 e. The number of nitrogens with zero attached hydrogens (tertiary/aromatic N) is 5. The molecule has 1 aromatic rings. The third-order valence-electron chi connectivity index (χ3n) is 4.93. The highest BCUT2D eigenvalue weighted by Gasteiger charge is 2.39. The van der Waals surface area contributed by atoms with E-state index in [2.05, 4.69) is 20.8 Å². The molecule has 4 heterocycles. The molecular weight excluding hydrogens is 344 g/mol. The van der Waals surface area contributed by atoms with Crippen LogP contribution in [0.15, 0.2) is 12.3 Å². The van der Waals surface area contributed by atoms with E-state index in [1.807, 2.05) is 6.07 Å². The van der Waals surface area contributed by atoms with Gasteiger partial charge in [0.2, 0.25) is 0 Å². The molecule has 0 aromatic carbocycles. The van der Waals surface area contributed by atoms with Crippen LogP contribution in [-0.4, -0.2) is 68.7 Å². The molecule has 136 valence electrons. The van der Waals surface area contributed by atoms with Gasteiger partial charge >= 0.3 is 0 Å². The Balaban J connectivity index is 1.61. The first-order valence-electron chi connectivity index (χ1n) is 8.36. The SMILES string of the molecule is N#CN1CCC(N2Cc3ccnc(N4CCOCC4)c3NS2(O)O)C1. The molecule has 3 N–H and O–H groups in total. The lowest BCUT2D eigenvalue weighted by Gasteiger charge is -2.50. The highest BCUT2D eigenvalue weighted by Crippen LogP contribution is 2.53. The van der Waals surface area contributed by atoms with Gasteiger partial charge in [-0.05, 0) is 18.1 Å². The number of hydrogen-bond donors (Lipinski definition) is 3. The molecule has 1 atom stereocenters. The molecule has 2 saturated heterocycles. The quantitative estimate of drug-likeness (QED) is 0.667. The number of anilines is 2. The predicted molar refractivity (Wildman–Crippen MR) is 94.9 cm³/mol. The molecule has 10 heteroatoms. The second-order valence-corrected chi connectivity index (χ2v) is 8.16. The van der Waals surface area contributed by atoms with Crippen LogP contribution in [0.25, 0.3) is 0 Å². The van der Waals surface area contributed by atoms with Gasteiger partial charge in [0, 0.05) is 38.9 Å². The van der Waals surface area contributed by atoms with Gasteiger partial charge in [-0.25, -0.2) is 4.98 Å². The van der Waals surface area contributed by atoms with Gasteiger partial charge in [0.05, 0.1) is 19.3 Å². The fourth-order valence-corrected chi connectivity index (χ4v) is 5.13. The van der Waals surface area contributed by atoms with Crippen molar-refractivity contribution in [1.82, 2.24) is 14.2 Å². The van der Waals surface area contributed by atoms with Crippen molar-refractivity contribution in [2.45, 2.75) is 19.0 Å². The third kappa shape index (κ3) is 3.09. The zero-order chi connectivity index (χ0) is 17.4. The van der Waals surface area contributed by atoms with Gasteiger partial charge < -0.3 is 14.5 Å². The molecule has 1 unspecified atom stereocenters. The maximum absolute atomic E-state index is 10.7. The summed E-state index contributed by atoms with van der Waals surface area (Å²) in [6, 6.07) is 1.84. The molecule has 3 aliphatic rings. The number of hydrogen-bond acceptors (Lipinski definition) is 9. The maximum atomic E-state index is 10.7. The number of rotatable bonds is 2. The van der Waals surface area contributed by atoms with Crippen molar-refractivity contribution >= 4 is 22.5 Å². The molecule has 0 bridgehead atoms. The highest BCUT2D eigenvalue weighted by molar-refractivity contribution is 8.23. The van der Waals surface area contributed by atoms with Crippen LogP contribution in [0.5, 0.6) is 0 Å². The minimum atomic E-state index is -3.16. The monoisotopic (exact) mass is 366 g/mol. The van der Waals surface area contributed by atoms with Crippen LogP contribution in [0.2, 0.25) is 0 Å². The van der Waals surface area contributed by atoms with Crippen LogP contribution in [0, 0.1) is 11.5 Å². The summed E-state index contributed by atoms with van der Waals surface area (Å²) in [7, 11) is -3.16. The van der Waals surface area contributed by atoms with Crippen LogP contribution in [-0.2, 0) is 11.3 Å². The fourth-order valence-electron chi connectivity index (χ4n) is 3.61. The van der Waals surface area contributed by atoms with E-state index in [4.69, 9.17) is 10.00 Å². The van der Waals surface area contributed by atoms with Crippen molar-refractivity contribution < 1.29 is 13.8 Å². The number of pyridine rings is 1. The lowest BCUT2D eigenvalue weighted by atomic mass is 10.1. The van der Waals surface area contributed by atoms with Crippen molar-refractivity contribution in [3.8, 4) is 6.19 Å². The van der Waals surface area contributed by atoms with Gasteiger partial charge in [-0.3, -0.25) is 13.8 Å². The number of nitriles is 1. The minimum absolute atomic E-state index is 0.0645. The van der Waals surface area contributed by atoms with Crippen molar-refractivity contribution in [2.24, 2.45) is 0 Å². The summed E-state index contributed by atoms with van der Waals surface area (Å²) in [5.41, 5.74) is 1.67. The molecule has 2 fully saturated rings. The second-order valence-electron chi connectivity index (χ2n) is 6.45. The van der Waals surface area contributed by atoms with E-state index >= 15 is 0 Å². The van der Waals surface area contributed by atoms with E-state index in [0.717, 1.165) is 30.9 Å². The Hall–Kier alpha value is -1.77. The number of likely N-dealkylation sites (tertiary alicyclic amines) is 1. The van der Waals surface area contributed by atoms with Crippen molar-refractivity contribution in [3.05, 3.63) is 17.8 Å². The van der Waals surface area contributed by atoms with Crippen molar-refractivity contribution in [3.63, 3.8) is 0 Å². The van der Waals surface area contributed by atoms with Crippen LogP contribution in [0.4, 0.5) is 11.5 Å². The Morgan fingerprint density at radius 3 is 2.84 bits per heavy atom. The third-order valence-corrected chi connectivity index (χ3v) is 6.49. The van der Waals surface area contributed by atoms with Crippen LogP contribution >= 0.6 is 11.0 Å². The standard InChI is InChI=1S/C15H22N6O3S/c16-11-19-4-2-13(10-19)21-9-12-1-3-17-15(14(12)18-25(21,22)23)20-5-7-24-8-6-20/h1,3,13,18,22-23H,2,4-10H2. The average molecular weight is 366 g/mol. The van der Waals surface area contributed by atoms with Crippen molar-refractivity contribution in [2.75, 3.05) is 49.0 Å². The largest absolute Gasteiger partial charge is 0.378 e. The number of aromatic nitrogens is 1. The predicted octanol–water partition coefficient (Wildman–Crippen LogP) is 1.28. The molecule has 0 radical (unpaired) electrons. The Morgan fingerprint density at radius 1 is 1.32 bits per heavy atom. The Morgan fingerprint density at radius 2 is 2.12 bits per heavy atom. The van der Waals surface area contributed by atoms with Crippen molar-refractivity contribution in [1.29, 1.82) is 5.26 Å². The average Bonchev–Trinajstić information content (AvgIpc) is 3.09. The van der Waals surface area contributed by atoms with Gasteiger partial charge in [0.25, 0.3) is 0 Å². The molecule has 25 heavy (non-hydrogen) atoms. The van der Waals surface area contributed by atoms with Gasteiger partial charge in [0.15, 0.2) is 12.0 Å². The fraction of sp³-hybridized carbons (Fsp3) is 0.600. The number of ether oxygens (including phenoxy) is 1. The Bertz CT molecular complexity index is 690. The molecule has 0 amide bonds. The smallest absolute Gasteiger partial charge is 0.179 e. The molecule has 9 nitrogen and oxygen atoms in total. The molecule has 4 rings (SSSR count). The van der Waals surface area contributed by atoms with E-state index in [-0.39, 0.29) is 6.04 Å². The van der Waals surface area contributed by atoms with Crippen LogP contribution < -0.4 is 9.62 Å². The first-order valence-corrected chi connectivity index (χ1v) is 9.87. The molecule has 0 aliphatic carbocycles. The molecule has 3 aliphatic heterocycles. The highest BCUT2D eigenvalue weighted by atomic mass is 32.3. The Kier molecular flexibility index (Phi) is 4.35. The van der Waals surface area contributed by atoms with Gasteiger partial charge in [0.1, 0.15) is 5.69 Å². The summed E-state index contributed by atoms with van der Waals surface area (Å²) in [4.78, 5) is 8.22. The zero-order valence-corrected chi connectivity index (χ0v) is 14.7. The van der Waals surface area contributed by atoms with E-state index in [1.54, 1.807) is 15.4 Å². The summed E-state index contributed by atoms with van der Waals surface area (Å²) in [5.74, 6) is 0.741. The van der Waals surface area contributed by atoms with E-state index < -0.39 is 11.0 Å². The Labute approximate surface area is 148 Å².